The zero-order valence-electron chi connectivity index (χ0n) is 16.4. The summed E-state index contributed by atoms with van der Waals surface area (Å²) in [5, 5.41) is 1.08. The van der Waals surface area contributed by atoms with Gasteiger partial charge in [-0.05, 0) is 42.2 Å². The molecule has 154 valence electrons. The maximum absolute atomic E-state index is 14.5. The van der Waals surface area contributed by atoms with Crippen LogP contribution in [0.4, 0.5) is 13.2 Å². The number of fused-ring (bicyclic) bond motifs is 1. The minimum absolute atomic E-state index is 0.162. The molecule has 1 aliphatic rings. The van der Waals surface area contributed by atoms with E-state index in [-0.39, 0.29) is 18.7 Å². The van der Waals surface area contributed by atoms with Crippen molar-refractivity contribution >= 4 is 10.9 Å². The quantitative estimate of drug-likeness (QED) is 0.598. The molecule has 1 fully saturated rings. The van der Waals surface area contributed by atoms with Crippen molar-refractivity contribution in [2.75, 3.05) is 20.2 Å². The van der Waals surface area contributed by atoms with Crippen LogP contribution < -0.4 is 4.74 Å². The van der Waals surface area contributed by atoms with Crippen molar-refractivity contribution in [2.24, 2.45) is 5.92 Å². The lowest BCUT2D eigenvalue weighted by molar-refractivity contribution is -0.109. The van der Waals surface area contributed by atoms with Gasteiger partial charge in [-0.1, -0.05) is 18.2 Å². The highest BCUT2D eigenvalue weighted by molar-refractivity contribution is 5.84. The molecule has 0 radical (unpaired) electrons. The third-order valence-corrected chi connectivity index (χ3v) is 5.93. The number of rotatable bonds is 6. The number of nitrogens with zero attached hydrogens (tertiary/aromatic N) is 1. The lowest BCUT2D eigenvalue weighted by atomic mass is 9.88. The number of ether oxygens (including phenoxy) is 1. The van der Waals surface area contributed by atoms with E-state index in [0.717, 1.165) is 22.2 Å². The SMILES string of the molecule is COc1ccc2c(CN3CCC(F)(F)C(CCc4ccccc4F)C3)c[nH]c2c1. The van der Waals surface area contributed by atoms with E-state index in [1.807, 2.05) is 24.4 Å². The Morgan fingerprint density at radius 3 is 2.79 bits per heavy atom. The zero-order valence-corrected chi connectivity index (χ0v) is 16.4. The summed E-state index contributed by atoms with van der Waals surface area (Å²) in [4.78, 5) is 5.32. The number of aromatic amines is 1. The highest BCUT2D eigenvalue weighted by Crippen LogP contribution is 2.37. The predicted octanol–water partition coefficient (Wildman–Crippen LogP) is 5.41. The molecule has 29 heavy (non-hydrogen) atoms. The molecular formula is C23H25F3N2O. The van der Waals surface area contributed by atoms with Crippen molar-refractivity contribution < 1.29 is 17.9 Å². The van der Waals surface area contributed by atoms with Gasteiger partial charge in [0.2, 0.25) is 0 Å². The van der Waals surface area contributed by atoms with Crippen LogP contribution in [0, 0.1) is 11.7 Å². The van der Waals surface area contributed by atoms with Crippen LogP contribution in [0.25, 0.3) is 10.9 Å². The van der Waals surface area contributed by atoms with Gasteiger partial charge in [0.25, 0.3) is 5.92 Å². The number of piperidine rings is 1. The van der Waals surface area contributed by atoms with Gasteiger partial charge in [-0.25, -0.2) is 13.2 Å². The van der Waals surface area contributed by atoms with E-state index in [0.29, 0.717) is 31.6 Å². The number of aromatic nitrogens is 1. The molecular weight excluding hydrogens is 377 g/mol. The molecule has 3 nitrogen and oxygen atoms in total. The van der Waals surface area contributed by atoms with E-state index in [1.54, 1.807) is 25.3 Å². The van der Waals surface area contributed by atoms with Gasteiger partial charge < -0.3 is 9.72 Å². The number of hydrogen-bond donors (Lipinski definition) is 1. The Morgan fingerprint density at radius 1 is 1.17 bits per heavy atom. The minimum atomic E-state index is -2.71. The number of aryl methyl sites for hydroxylation is 1. The molecule has 1 atom stereocenters. The van der Waals surface area contributed by atoms with E-state index < -0.39 is 11.8 Å². The molecule has 1 saturated heterocycles. The summed E-state index contributed by atoms with van der Waals surface area (Å²) < 4.78 is 48.1. The Kier molecular flexibility index (Phi) is 5.54. The molecule has 2 aromatic carbocycles. The Bertz CT molecular complexity index is 985. The number of benzene rings is 2. The number of methoxy groups -OCH3 is 1. The topological polar surface area (TPSA) is 28.3 Å². The Hall–Kier alpha value is -2.47. The number of halogens is 3. The lowest BCUT2D eigenvalue weighted by Crippen LogP contribution is -2.46. The zero-order chi connectivity index (χ0) is 20.4. The van der Waals surface area contributed by atoms with Gasteiger partial charge in [-0.3, -0.25) is 4.90 Å². The van der Waals surface area contributed by atoms with E-state index in [1.165, 1.54) is 6.07 Å². The monoisotopic (exact) mass is 402 g/mol. The van der Waals surface area contributed by atoms with Crippen LogP contribution in [0.15, 0.2) is 48.7 Å². The molecule has 4 rings (SSSR count). The Balaban J connectivity index is 1.45. The summed E-state index contributed by atoms with van der Waals surface area (Å²) in [5.41, 5.74) is 2.56. The summed E-state index contributed by atoms with van der Waals surface area (Å²) in [6.45, 7) is 1.27. The van der Waals surface area contributed by atoms with Crippen LogP contribution in [0.2, 0.25) is 0 Å². The van der Waals surface area contributed by atoms with Gasteiger partial charge in [-0.15, -0.1) is 0 Å². The van der Waals surface area contributed by atoms with Gasteiger partial charge in [0.15, 0.2) is 0 Å². The summed E-state index contributed by atoms with van der Waals surface area (Å²) in [6, 6.07) is 12.2. The van der Waals surface area contributed by atoms with Gasteiger partial charge in [0.1, 0.15) is 11.6 Å². The van der Waals surface area contributed by atoms with E-state index in [9.17, 15) is 13.2 Å². The first-order valence-corrected chi connectivity index (χ1v) is 9.94. The van der Waals surface area contributed by atoms with Crippen LogP contribution in [-0.4, -0.2) is 36.0 Å². The number of likely N-dealkylation sites (tertiary alicyclic amines) is 1. The summed E-state index contributed by atoms with van der Waals surface area (Å²) in [7, 11) is 1.63. The predicted molar refractivity (Wildman–Crippen MR) is 108 cm³/mol. The van der Waals surface area contributed by atoms with E-state index in [4.69, 9.17) is 4.74 Å². The first-order chi connectivity index (χ1) is 14.0. The van der Waals surface area contributed by atoms with Crippen LogP contribution in [0.3, 0.4) is 0 Å². The summed E-state index contributed by atoms with van der Waals surface area (Å²) in [5.74, 6) is -3.04. The maximum atomic E-state index is 14.5. The molecule has 0 aliphatic carbocycles. The fourth-order valence-corrected chi connectivity index (χ4v) is 4.19. The molecule has 0 amide bonds. The number of H-pyrrole nitrogens is 1. The van der Waals surface area contributed by atoms with Crippen LogP contribution >= 0.6 is 0 Å². The second-order valence-electron chi connectivity index (χ2n) is 7.80. The van der Waals surface area contributed by atoms with Gasteiger partial charge in [0, 0.05) is 55.1 Å². The molecule has 1 unspecified atom stereocenters. The fraction of sp³-hybridized carbons (Fsp3) is 0.391. The molecule has 1 aliphatic heterocycles. The number of nitrogens with one attached hydrogen (secondary N) is 1. The number of hydrogen-bond acceptors (Lipinski definition) is 2. The van der Waals surface area contributed by atoms with Crippen molar-refractivity contribution in [3.63, 3.8) is 0 Å². The van der Waals surface area contributed by atoms with Gasteiger partial charge in [-0.2, -0.15) is 0 Å². The third-order valence-electron chi connectivity index (χ3n) is 5.93. The Labute approximate surface area is 168 Å². The molecule has 2 heterocycles. The molecule has 6 heteroatoms. The molecule has 1 N–H and O–H groups in total. The van der Waals surface area contributed by atoms with Crippen molar-refractivity contribution in [3.05, 3.63) is 65.6 Å². The molecule has 0 saturated carbocycles. The summed E-state index contributed by atoms with van der Waals surface area (Å²) >= 11 is 0. The number of alkyl halides is 2. The van der Waals surface area contributed by atoms with Crippen molar-refractivity contribution in [1.82, 2.24) is 9.88 Å². The second-order valence-corrected chi connectivity index (χ2v) is 7.80. The molecule has 0 spiro atoms. The fourth-order valence-electron chi connectivity index (χ4n) is 4.19. The normalized spacial score (nSPS) is 19.5. The van der Waals surface area contributed by atoms with Gasteiger partial charge >= 0.3 is 0 Å². The second kappa shape index (κ2) is 8.11. The van der Waals surface area contributed by atoms with Crippen molar-refractivity contribution in [3.8, 4) is 5.75 Å². The van der Waals surface area contributed by atoms with Crippen LogP contribution in [0.1, 0.15) is 24.0 Å². The first-order valence-electron chi connectivity index (χ1n) is 9.94. The Morgan fingerprint density at radius 2 is 2.00 bits per heavy atom. The highest BCUT2D eigenvalue weighted by atomic mass is 19.3. The maximum Gasteiger partial charge on any atom is 0.253 e. The van der Waals surface area contributed by atoms with Crippen molar-refractivity contribution in [2.45, 2.75) is 31.7 Å². The largest absolute Gasteiger partial charge is 0.497 e. The lowest BCUT2D eigenvalue weighted by Gasteiger charge is -2.38. The van der Waals surface area contributed by atoms with Gasteiger partial charge in [0.05, 0.1) is 7.11 Å². The highest BCUT2D eigenvalue weighted by Gasteiger charge is 2.43. The van der Waals surface area contributed by atoms with Crippen LogP contribution in [0.5, 0.6) is 5.75 Å². The average Bonchev–Trinajstić information content (AvgIpc) is 3.11. The van der Waals surface area contributed by atoms with E-state index >= 15 is 0 Å². The summed E-state index contributed by atoms with van der Waals surface area (Å²) in [6.07, 6.45) is 2.37. The molecule has 1 aromatic heterocycles. The minimum Gasteiger partial charge on any atom is -0.497 e. The average molecular weight is 402 g/mol. The standard InChI is InChI=1S/C23H25F3N2O/c1-29-19-8-9-20-17(13-27-22(20)12-19)14-28-11-10-23(25,26)18(15-28)7-6-16-4-2-3-5-21(16)24/h2-5,8-9,12-13,18,27H,6-7,10-11,14-15H2,1H3. The smallest absolute Gasteiger partial charge is 0.253 e. The third kappa shape index (κ3) is 4.27. The first kappa shape index (κ1) is 19.8. The van der Waals surface area contributed by atoms with Crippen molar-refractivity contribution in [1.29, 1.82) is 0 Å². The molecule has 0 bridgehead atoms. The van der Waals surface area contributed by atoms with Crippen LogP contribution in [-0.2, 0) is 13.0 Å². The van der Waals surface area contributed by atoms with E-state index in [2.05, 4.69) is 9.88 Å². The molecule has 3 aromatic rings.